The smallest absolute Gasteiger partial charge is 0.223 e. The summed E-state index contributed by atoms with van der Waals surface area (Å²) in [6, 6.07) is 8.52. The van der Waals surface area contributed by atoms with E-state index in [0.717, 1.165) is 25.7 Å². The molecule has 1 aromatic carbocycles. The maximum atomic E-state index is 12.0. The van der Waals surface area contributed by atoms with Crippen molar-refractivity contribution in [3.63, 3.8) is 0 Å². The lowest BCUT2D eigenvalue weighted by Crippen LogP contribution is -2.34. The highest BCUT2D eigenvalue weighted by atomic mass is 16.1. The second-order valence-electron chi connectivity index (χ2n) is 5.12. The minimum Gasteiger partial charge on any atom is -0.356 e. The average Bonchev–Trinajstić information content (AvgIpc) is 2.82. The molecule has 1 aliphatic rings. The van der Waals surface area contributed by atoms with Crippen LogP contribution >= 0.6 is 0 Å². The number of fused-ring (bicyclic) bond motifs is 1. The second kappa shape index (κ2) is 6.01. The van der Waals surface area contributed by atoms with Gasteiger partial charge in [0.05, 0.1) is 0 Å². The van der Waals surface area contributed by atoms with Gasteiger partial charge in [0.2, 0.25) is 5.91 Å². The molecule has 0 radical (unpaired) electrons. The molecule has 1 aromatic rings. The van der Waals surface area contributed by atoms with Crippen LogP contribution in [0.3, 0.4) is 0 Å². The average molecular weight is 246 g/mol. The number of carbonyl (C=O) groups excluding carboxylic acids is 1. The molecule has 2 rings (SSSR count). The van der Waals surface area contributed by atoms with E-state index in [1.807, 2.05) is 12.1 Å². The highest BCUT2D eigenvalue weighted by Crippen LogP contribution is 2.26. The fraction of sp³-hybridized carbons (Fsp3) is 0.533. The lowest BCUT2D eigenvalue weighted by atomic mass is 10.1. The number of benzene rings is 1. The van der Waals surface area contributed by atoms with E-state index in [-0.39, 0.29) is 17.9 Å². The Balaban J connectivity index is 1.79. The van der Waals surface area contributed by atoms with Crippen molar-refractivity contribution in [2.24, 2.45) is 11.7 Å². The van der Waals surface area contributed by atoms with Gasteiger partial charge in [-0.05, 0) is 36.8 Å². The van der Waals surface area contributed by atoms with Gasteiger partial charge < -0.3 is 11.1 Å². The summed E-state index contributed by atoms with van der Waals surface area (Å²) >= 11 is 0. The van der Waals surface area contributed by atoms with Gasteiger partial charge in [-0.3, -0.25) is 4.79 Å². The van der Waals surface area contributed by atoms with Gasteiger partial charge in [0, 0.05) is 18.5 Å². The summed E-state index contributed by atoms with van der Waals surface area (Å²) in [5.74, 6) is 0.287. The van der Waals surface area contributed by atoms with Crippen molar-refractivity contribution < 1.29 is 4.79 Å². The van der Waals surface area contributed by atoms with Gasteiger partial charge in [-0.25, -0.2) is 0 Å². The van der Waals surface area contributed by atoms with E-state index in [1.165, 1.54) is 11.1 Å². The van der Waals surface area contributed by atoms with Crippen molar-refractivity contribution in [3.05, 3.63) is 35.4 Å². The Bertz CT molecular complexity index is 392. The molecule has 3 heteroatoms. The van der Waals surface area contributed by atoms with Crippen LogP contribution in [-0.2, 0) is 17.6 Å². The highest BCUT2D eigenvalue weighted by Gasteiger charge is 2.26. The molecule has 0 aromatic heterocycles. The molecule has 1 atom stereocenters. The summed E-state index contributed by atoms with van der Waals surface area (Å²) < 4.78 is 0. The van der Waals surface area contributed by atoms with Gasteiger partial charge in [-0.1, -0.05) is 31.2 Å². The van der Waals surface area contributed by atoms with E-state index in [2.05, 4.69) is 24.4 Å². The molecule has 0 aliphatic heterocycles. The van der Waals surface area contributed by atoms with Crippen molar-refractivity contribution in [3.8, 4) is 0 Å². The van der Waals surface area contributed by atoms with E-state index in [9.17, 15) is 4.79 Å². The lowest BCUT2D eigenvalue weighted by molar-refractivity contribution is -0.124. The predicted octanol–water partition coefficient (Wildman–Crippen LogP) is 1.65. The molecule has 0 fully saturated rings. The summed E-state index contributed by atoms with van der Waals surface area (Å²) in [4.78, 5) is 12.0. The van der Waals surface area contributed by atoms with Crippen LogP contribution in [0.25, 0.3) is 0 Å². The minimum atomic E-state index is 0.111. The van der Waals surface area contributed by atoms with Crippen molar-refractivity contribution >= 4 is 5.91 Å². The van der Waals surface area contributed by atoms with Crippen LogP contribution in [0.5, 0.6) is 0 Å². The Kier molecular flexibility index (Phi) is 4.37. The highest BCUT2D eigenvalue weighted by molar-refractivity contribution is 5.80. The van der Waals surface area contributed by atoms with E-state index in [4.69, 9.17) is 5.73 Å². The van der Waals surface area contributed by atoms with Crippen molar-refractivity contribution in [2.75, 3.05) is 6.54 Å². The monoisotopic (exact) mass is 246 g/mol. The Morgan fingerprint density at radius 2 is 2.00 bits per heavy atom. The van der Waals surface area contributed by atoms with Gasteiger partial charge in [-0.2, -0.15) is 0 Å². The Hall–Kier alpha value is -1.35. The molecule has 0 saturated heterocycles. The number of hydrogen-bond donors (Lipinski definition) is 2. The fourth-order valence-electron chi connectivity index (χ4n) is 2.47. The normalized spacial score (nSPS) is 16.3. The van der Waals surface area contributed by atoms with E-state index >= 15 is 0 Å². The minimum absolute atomic E-state index is 0.111. The quantitative estimate of drug-likeness (QED) is 0.830. The standard InChI is InChI=1S/C15H22N2O/c1-2-14(16)7-8-17-15(18)13-9-11-5-3-4-6-12(11)10-13/h3-6,13-14H,2,7-10,16H2,1H3,(H,17,18). The van der Waals surface area contributed by atoms with Gasteiger partial charge >= 0.3 is 0 Å². The van der Waals surface area contributed by atoms with Crippen LogP contribution in [0, 0.1) is 5.92 Å². The number of nitrogens with two attached hydrogens (primary N) is 1. The Morgan fingerprint density at radius 3 is 2.56 bits per heavy atom. The first-order valence-electron chi connectivity index (χ1n) is 6.80. The molecule has 18 heavy (non-hydrogen) atoms. The van der Waals surface area contributed by atoms with Crippen LogP contribution in [0.15, 0.2) is 24.3 Å². The Labute approximate surface area is 109 Å². The van der Waals surface area contributed by atoms with Gasteiger partial charge in [0.15, 0.2) is 0 Å². The maximum Gasteiger partial charge on any atom is 0.223 e. The zero-order chi connectivity index (χ0) is 13.0. The number of nitrogens with one attached hydrogen (secondary N) is 1. The maximum absolute atomic E-state index is 12.0. The Morgan fingerprint density at radius 1 is 1.39 bits per heavy atom. The second-order valence-corrected chi connectivity index (χ2v) is 5.12. The summed E-state index contributed by atoms with van der Waals surface area (Å²) in [6.07, 6.45) is 3.58. The van der Waals surface area contributed by atoms with Crippen LogP contribution in [-0.4, -0.2) is 18.5 Å². The molecular formula is C15H22N2O. The molecule has 0 bridgehead atoms. The van der Waals surface area contributed by atoms with E-state index < -0.39 is 0 Å². The van der Waals surface area contributed by atoms with Crippen LogP contribution in [0.1, 0.15) is 30.9 Å². The van der Waals surface area contributed by atoms with E-state index in [1.54, 1.807) is 0 Å². The summed E-state index contributed by atoms with van der Waals surface area (Å²) in [5, 5.41) is 3.01. The fourth-order valence-corrected chi connectivity index (χ4v) is 2.47. The topological polar surface area (TPSA) is 55.1 Å². The van der Waals surface area contributed by atoms with Crippen molar-refractivity contribution in [1.29, 1.82) is 0 Å². The molecule has 0 spiro atoms. The third-order valence-electron chi connectivity index (χ3n) is 3.76. The molecule has 3 N–H and O–H groups in total. The first kappa shape index (κ1) is 13.1. The van der Waals surface area contributed by atoms with Crippen LogP contribution in [0.4, 0.5) is 0 Å². The summed E-state index contributed by atoms with van der Waals surface area (Å²) in [5.41, 5.74) is 8.47. The number of hydrogen-bond acceptors (Lipinski definition) is 2. The van der Waals surface area contributed by atoms with E-state index in [0.29, 0.717) is 6.54 Å². The van der Waals surface area contributed by atoms with Gasteiger partial charge in [0.1, 0.15) is 0 Å². The molecular weight excluding hydrogens is 224 g/mol. The largest absolute Gasteiger partial charge is 0.356 e. The zero-order valence-corrected chi connectivity index (χ0v) is 11.0. The summed E-state index contributed by atoms with van der Waals surface area (Å²) in [6.45, 7) is 2.76. The molecule has 0 saturated carbocycles. The molecule has 1 amide bonds. The molecule has 0 heterocycles. The molecule has 1 aliphatic carbocycles. The lowest BCUT2D eigenvalue weighted by Gasteiger charge is -2.12. The summed E-state index contributed by atoms with van der Waals surface area (Å²) in [7, 11) is 0. The van der Waals surface area contributed by atoms with Crippen LogP contribution in [0.2, 0.25) is 0 Å². The molecule has 3 nitrogen and oxygen atoms in total. The first-order chi connectivity index (χ1) is 8.70. The predicted molar refractivity (Wildman–Crippen MR) is 73.2 cm³/mol. The first-order valence-corrected chi connectivity index (χ1v) is 6.80. The SMILES string of the molecule is CCC(N)CCNC(=O)C1Cc2ccccc2C1. The van der Waals surface area contributed by atoms with Crippen molar-refractivity contribution in [1.82, 2.24) is 5.32 Å². The number of carbonyl (C=O) groups is 1. The van der Waals surface area contributed by atoms with Gasteiger partial charge in [0.25, 0.3) is 0 Å². The number of rotatable bonds is 5. The molecule has 98 valence electrons. The number of amides is 1. The van der Waals surface area contributed by atoms with Gasteiger partial charge in [-0.15, -0.1) is 0 Å². The van der Waals surface area contributed by atoms with Crippen molar-refractivity contribution in [2.45, 2.75) is 38.6 Å². The zero-order valence-electron chi connectivity index (χ0n) is 11.0. The third-order valence-corrected chi connectivity index (χ3v) is 3.76. The molecule has 1 unspecified atom stereocenters. The van der Waals surface area contributed by atoms with Crippen LogP contribution < -0.4 is 11.1 Å². The third kappa shape index (κ3) is 3.10.